The number of nitrogens with zero attached hydrogens (tertiary/aromatic N) is 4. The average Bonchev–Trinajstić information content (AvgIpc) is 3.14. The first-order valence-corrected chi connectivity index (χ1v) is 10.9. The molecule has 166 valence electrons. The van der Waals surface area contributed by atoms with Gasteiger partial charge in [-0.05, 0) is 61.8 Å². The average molecular weight is 435 g/mol. The highest BCUT2D eigenvalue weighted by Crippen LogP contribution is 2.29. The summed E-state index contributed by atoms with van der Waals surface area (Å²) in [6, 6.07) is 7.99. The fourth-order valence-electron chi connectivity index (χ4n) is 3.94. The Balaban J connectivity index is 1.50. The third kappa shape index (κ3) is 5.06. The van der Waals surface area contributed by atoms with E-state index in [2.05, 4.69) is 15.9 Å². The van der Waals surface area contributed by atoms with Crippen molar-refractivity contribution >= 4 is 11.6 Å². The van der Waals surface area contributed by atoms with Crippen LogP contribution in [0.15, 0.2) is 70.2 Å². The van der Waals surface area contributed by atoms with Crippen LogP contribution in [0.2, 0.25) is 0 Å². The lowest BCUT2D eigenvalue weighted by Crippen LogP contribution is -2.35. The first-order chi connectivity index (χ1) is 15.5. The van der Waals surface area contributed by atoms with Gasteiger partial charge in [-0.25, -0.2) is 0 Å². The number of benzene rings is 1. The SMILES string of the molecule is CN(C)c1ccc(-c2noc([C@H]3CCCCN(C(=O)/C4=C/C=C=C(F)/C=C\C4)C3)n2)cc1. The van der Waals surface area contributed by atoms with Gasteiger partial charge in [0.1, 0.15) is 0 Å². The summed E-state index contributed by atoms with van der Waals surface area (Å²) in [5.41, 5.74) is 5.11. The van der Waals surface area contributed by atoms with Crippen molar-refractivity contribution in [2.45, 2.75) is 31.6 Å². The number of halogens is 1. The topological polar surface area (TPSA) is 62.5 Å². The normalized spacial score (nSPS) is 21.6. The molecule has 0 saturated carbocycles. The minimum Gasteiger partial charge on any atom is -0.378 e. The number of hydrogen-bond acceptors (Lipinski definition) is 5. The molecule has 4 rings (SSSR count). The van der Waals surface area contributed by atoms with Gasteiger partial charge in [0, 0.05) is 44.0 Å². The Kier molecular flexibility index (Phi) is 6.66. The highest BCUT2D eigenvalue weighted by molar-refractivity contribution is 5.94. The van der Waals surface area contributed by atoms with E-state index in [1.807, 2.05) is 48.2 Å². The monoisotopic (exact) mass is 434 g/mol. The molecule has 1 aliphatic heterocycles. The van der Waals surface area contributed by atoms with Crippen LogP contribution in [-0.4, -0.2) is 48.1 Å². The second kappa shape index (κ2) is 9.79. The molecule has 2 aliphatic rings. The molecule has 0 radical (unpaired) electrons. The van der Waals surface area contributed by atoms with Gasteiger partial charge in [0.2, 0.25) is 17.6 Å². The molecule has 0 N–H and O–H groups in total. The molecule has 6 nitrogen and oxygen atoms in total. The molecule has 1 atom stereocenters. The van der Waals surface area contributed by atoms with Crippen LogP contribution in [0.25, 0.3) is 11.4 Å². The van der Waals surface area contributed by atoms with Gasteiger partial charge in [0.25, 0.3) is 0 Å². The van der Waals surface area contributed by atoms with Crippen molar-refractivity contribution in [2.24, 2.45) is 0 Å². The predicted octanol–water partition coefficient (Wildman–Crippen LogP) is 4.79. The number of likely N-dealkylation sites (tertiary alicyclic amines) is 1. The number of carbonyl (C=O) groups is 1. The standard InChI is InChI=1S/C25H27FN4O2/c1-29(2)22-14-12-18(13-15-22)23-27-24(32-28-23)20-7-3-4-16-30(17-20)25(31)19-8-5-10-21(26)11-6-9-19/h5-6,8,11-15,20H,3-4,7,9,16-17H2,1-2H3/b11-6-,19-8+/t10?,20-/m0/s1. The molecule has 0 bridgehead atoms. The number of hydrogen-bond donors (Lipinski definition) is 0. The summed E-state index contributed by atoms with van der Waals surface area (Å²) in [5.74, 6) is 0.625. The maximum absolute atomic E-state index is 13.3. The van der Waals surface area contributed by atoms with Crippen LogP contribution in [0.3, 0.4) is 0 Å². The van der Waals surface area contributed by atoms with E-state index < -0.39 is 5.83 Å². The fourth-order valence-corrected chi connectivity index (χ4v) is 3.94. The molecule has 1 fully saturated rings. The lowest BCUT2D eigenvalue weighted by molar-refractivity contribution is -0.127. The number of allylic oxidation sites excluding steroid dienone is 4. The van der Waals surface area contributed by atoms with Crippen molar-refractivity contribution in [1.82, 2.24) is 15.0 Å². The van der Waals surface area contributed by atoms with Crippen molar-refractivity contribution in [3.05, 3.63) is 71.6 Å². The lowest BCUT2D eigenvalue weighted by Gasteiger charge is -2.24. The van der Waals surface area contributed by atoms with Gasteiger partial charge in [0.05, 0.1) is 5.92 Å². The van der Waals surface area contributed by atoms with Crippen molar-refractivity contribution < 1.29 is 13.7 Å². The van der Waals surface area contributed by atoms with Gasteiger partial charge in [-0.3, -0.25) is 4.79 Å². The number of amides is 1. The molecule has 32 heavy (non-hydrogen) atoms. The molecule has 2 aromatic rings. The molecule has 1 aliphatic carbocycles. The molecular formula is C25H27FN4O2. The van der Waals surface area contributed by atoms with Gasteiger partial charge in [0.15, 0.2) is 5.83 Å². The number of carbonyl (C=O) groups excluding carboxylic acids is 1. The van der Waals surface area contributed by atoms with Crippen molar-refractivity contribution in [3.63, 3.8) is 0 Å². The van der Waals surface area contributed by atoms with E-state index in [-0.39, 0.29) is 11.8 Å². The second-order valence-electron chi connectivity index (χ2n) is 8.30. The van der Waals surface area contributed by atoms with Crippen molar-refractivity contribution in [1.29, 1.82) is 0 Å². The van der Waals surface area contributed by atoms with Gasteiger partial charge < -0.3 is 14.3 Å². The maximum Gasteiger partial charge on any atom is 0.250 e. The summed E-state index contributed by atoms with van der Waals surface area (Å²) in [4.78, 5) is 21.7. The van der Waals surface area contributed by atoms with E-state index in [1.165, 1.54) is 12.2 Å². The molecule has 0 unspecified atom stereocenters. The first-order valence-electron chi connectivity index (χ1n) is 10.9. The molecular weight excluding hydrogens is 407 g/mol. The zero-order valence-electron chi connectivity index (χ0n) is 18.4. The Hall–Kier alpha value is -3.44. The summed E-state index contributed by atoms with van der Waals surface area (Å²) < 4.78 is 18.9. The summed E-state index contributed by atoms with van der Waals surface area (Å²) >= 11 is 0. The fraction of sp³-hybridized carbons (Fsp3) is 0.360. The van der Waals surface area contributed by atoms with Gasteiger partial charge in [-0.2, -0.15) is 9.37 Å². The molecule has 1 saturated heterocycles. The van der Waals surface area contributed by atoms with Gasteiger partial charge in [-0.15, -0.1) is 0 Å². The largest absolute Gasteiger partial charge is 0.378 e. The summed E-state index contributed by atoms with van der Waals surface area (Å²) in [6.07, 6.45) is 9.28. The van der Waals surface area contributed by atoms with E-state index in [0.29, 0.717) is 36.8 Å². The number of rotatable bonds is 4. The minimum atomic E-state index is -0.439. The maximum atomic E-state index is 13.3. The predicted molar refractivity (Wildman–Crippen MR) is 122 cm³/mol. The third-order valence-electron chi connectivity index (χ3n) is 5.77. The van der Waals surface area contributed by atoms with Crippen molar-refractivity contribution in [3.8, 4) is 11.4 Å². The van der Waals surface area contributed by atoms with Crippen LogP contribution >= 0.6 is 0 Å². The third-order valence-corrected chi connectivity index (χ3v) is 5.77. The second-order valence-corrected chi connectivity index (χ2v) is 8.30. The summed E-state index contributed by atoms with van der Waals surface area (Å²) in [5, 5.41) is 4.18. The van der Waals surface area contributed by atoms with Crippen LogP contribution in [-0.2, 0) is 4.79 Å². The zero-order valence-corrected chi connectivity index (χ0v) is 18.4. The van der Waals surface area contributed by atoms with E-state index >= 15 is 0 Å². The molecule has 0 spiro atoms. The number of anilines is 1. The molecule has 1 aromatic heterocycles. The summed E-state index contributed by atoms with van der Waals surface area (Å²) in [6.45, 7) is 1.20. The van der Waals surface area contributed by atoms with E-state index in [0.717, 1.165) is 30.5 Å². The Bertz CT molecular complexity index is 1090. The van der Waals surface area contributed by atoms with Gasteiger partial charge in [-0.1, -0.05) is 23.4 Å². The lowest BCUT2D eigenvalue weighted by atomic mass is 10.0. The Morgan fingerprint density at radius 2 is 2.06 bits per heavy atom. The number of aromatic nitrogens is 2. The minimum absolute atomic E-state index is 0.0127. The van der Waals surface area contributed by atoms with Crippen LogP contribution in [0.5, 0.6) is 0 Å². The Morgan fingerprint density at radius 1 is 1.25 bits per heavy atom. The van der Waals surface area contributed by atoms with Crippen molar-refractivity contribution in [2.75, 3.05) is 32.1 Å². The molecule has 2 heterocycles. The van der Waals surface area contributed by atoms with E-state index in [1.54, 1.807) is 12.2 Å². The summed E-state index contributed by atoms with van der Waals surface area (Å²) in [7, 11) is 3.99. The zero-order chi connectivity index (χ0) is 22.5. The smallest absolute Gasteiger partial charge is 0.250 e. The van der Waals surface area contributed by atoms with Crippen LogP contribution in [0.4, 0.5) is 10.1 Å². The quantitative estimate of drug-likeness (QED) is 0.648. The molecule has 7 heteroatoms. The highest BCUT2D eigenvalue weighted by atomic mass is 19.1. The van der Waals surface area contributed by atoms with Crippen LogP contribution < -0.4 is 4.90 Å². The van der Waals surface area contributed by atoms with Crippen LogP contribution in [0, 0.1) is 0 Å². The van der Waals surface area contributed by atoms with Gasteiger partial charge >= 0.3 is 0 Å². The van der Waals surface area contributed by atoms with E-state index in [9.17, 15) is 9.18 Å². The first kappa shape index (κ1) is 21.8. The molecule has 1 amide bonds. The Morgan fingerprint density at radius 3 is 2.84 bits per heavy atom. The molecule has 1 aromatic carbocycles. The Labute approximate surface area is 187 Å². The highest BCUT2D eigenvalue weighted by Gasteiger charge is 2.28. The van der Waals surface area contributed by atoms with Crippen LogP contribution in [0.1, 0.15) is 37.5 Å². The van der Waals surface area contributed by atoms with E-state index in [4.69, 9.17) is 4.52 Å².